The van der Waals surface area contributed by atoms with Crippen LogP contribution in [-0.2, 0) is 27.7 Å². The normalized spacial score (nSPS) is 13.7. The first-order valence-corrected chi connectivity index (χ1v) is 13.0. The number of carbonyl (C=O) groups is 1. The van der Waals surface area contributed by atoms with Crippen molar-refractivity contribution < 1.29 is 17.9 Å². The zero-order chi connectivity index (χ0) is 24.1. The predicted molar refractivity (Wildman–Crippen MR) is 134 cm³/mol. The minimum absolute atomic E-state index is 0.112. The molecule has 178 valence electrons. The molecule has 0 radical (unpaired) electrons. The fourth-order valence-electron chi connectivity index (χ4n) is 4.32. The monoisotopic (exact) mass is 478 g/mol. The molecule has 0 saturated carbocycles. The van der Waals surface area contributed by atoms with Gasteiger partial charge in [0.15, 0.2) is 0 Å². The molecule has 1 aliphatic rings. The highest BCUT2D eigenvalue weighted by atomic mass is 32.2. The highest BCUT2D eigenvalue weighted by Gasteiger charge is 2.29. The molecule has 0 spiro atoms. The van der Waals surface area contributed by atoms with E-state index < -0.39 is 10.0 Å². The minimum Gasteiger partial charge on any atom is -0.492 e. The van der Waals surface area contributed by atoms with Crippen LogP contribution in [0.1, 0.15) is 43.0 Å². The van der Waals surface area contributed by atoms with Crippen molar-refractivity contribution in [2.45, 2.75) is 44.0 Å². The molecule has 1 amide bonds. The number of amides is 1. The molecule has 0 saturated heterocycles. The number of ether oxygens (including phenoxy) is 1. The maximum absolute atomic E-state index is 13.6. The van der Waals surface area contributed by atoms with E-state index in [0.717, 1.165) is 29.1 Å². The van der Waals surface area contributed by atoms with Crippen LogP contribution in [0, 0.1) is 0 Å². The van der Waals surface area contributed by atoms with E-state index in [1.165, 1.54) is 23.3 Å². The summed E-state index contributed by atoms with van der Waals surface area (Å²) in [5.41, 5.74) is 4.04. The Morgan fingerprint density at radius 3 is 2.47 bits per heavy atom. The molecule has 1 N–H and O–H groups in total. The van der Waals surface area contributed by atoms with Gasteiger partial charge in [-0.2, -0.15) is 0 Å². The second-order valence-corrected chi connectivity index (χ2v) is 10.3. The van der Waals surface area contributed by atoms with Gasteiger partial charge < -0.3 is 10.1 Å². The van der Waals surface area contributed by atoms with Gasteiger partial charge >= 0.3 is 0 Å². The Labute approximate surface area is 201 Å². The molecule has 0 unspecified atom stereocenters. The third kappa shape index (κ3) is 5.09. The van der Waals surface area contributed by atoms with Crippen LogP contribution in [0.2, 0.25) is 0 Å². The number of nitrogens with one attached hydrogen (secondary N) is 1. The van der Waals surface area contributed by atoms with Gasteiger partial charge in [-0.1, -0.05) is 48.5 Å². The molecular formula is C27H30N2O4S. The number of nitrogens with zero attached hydrogens (tertiary/aromatic N) is 1. The number of para-hydroxylation sites is 2. The first-order chi connectivity index (χ1) is 16.4. The molecule has 0 aliphatic heterocycles. The number of hydrogen-bond acceptors (Lipinski definition) is 4. The van der Waals surface area contributed by atoms with Gasteiger partial charge in [0.2, 0.25) is 5.91 Å². The molecule has 0 aromatic heterocycles. The molecule has 3 aromatic carbocycles. The van der Waals surface area contributed by atoms with Crippen LogP contribution in [-0.4, -0.2) is 27.5 Å². The lowest BCUT2D eigenvalue weighted by atomic mass is 10.0. The van der Waals surface area contributed by atoms with Crippen LogP contribution in [0.15, 0.2) is 77.7 Å². The van der Waals surface area contributed by atoms with E-state index in [0.29, 0.717) is 18.0 Å². The Morgan fingerprint density at radius 1 is 1.00 bits per heavy atom. The van der Waals surface area contributed by atoms with Crippen LogP contribution >= 0.6 is 0 Å². The molecule has 0 heterocycles. The Kier molecular flexibility index (Phi) is 7.22. The summed E-state index contributed by atoms with van der Waals surface area (Å²) in [5, 5.41) is 2.98. The van der Waals surface area contributed by atoms with Gasteiger partial charge in [-0.25, -0.2) is 8.42 Å². The molecule has 0 bridgehead atoms. The maximum atomic E-state index is 13.6. The van der Waals surface area contributed by atoms with Crippen molar-refractivity contribution in [2.24, 2.45) is 0 Å². The molecule has 1 aliphatic carbocycles. The Hall–Kier alpha value is -3.32. The van der Waals surface area contributed by atoms with E-state index in [1.807, 2.05) is 19.9 Å². The number of hydrogen-bond donors (Lipinski definition) is 1. The van der Waals surface area contributed by atoms with Crippen molar-refractivity contribution in [2.75, 3.05) is 17.5 Å². The molecule has 6 nitrogen and oxygen atoms in total. The summed E-state index contributed by atoms with van der Waals surface area (Å²) in [4.78, 5) is 13.2. The van der Waals surface area contributed by atoms with Crippen molar-refractivity contribution in [3.05, 3.63) is 89.5 Å². The van der Waals surface area contributed by atoms with Gasteiger partial charge in [-0.05, 0) is 74.1 Å². The van der Waals surface area contributed by atoms with E-state index in [1.54, 1.807) is 42.5 Å². The van der Waals surface area contributed by atoms with Crippen LogP contribution in [0.4, 0.5) is 5.69 Å². The molecule has 3 aromatic rings. The van der Waals surface area contributed by atoms with Crippen molar-refractivity contribution in [3.8, 4) is 5.75 Å². The number of sulfonamides is 1. The number of fused-ring (bicyclic) bond motifs is 1. The van der Waals surface area contributed by atoms with E-state index in [9.17, 15) is 13.2 Å². The summed E-state index contributed by atoms with van der Waals surface area (Å²) in [5.74, 6) is 0.0165. The first kappa shape index (κ1) is 23.8. The minimum atomic E-state index is -4.01. The maximum Gasteiger partial charge on any atom is 0.264 e. The highest BCUT2D eigenvalue weighted by Crippen LogP contribution is 2.32. The average Bonchev–Trinajstić information content (AvgIpc) is 3.32. The van der Waals surface area contributed by atoms with Gasteiger partial charge in [-0.15, -0.1) is 0 Å². The summed E-state index contributed by atoms with van der Waals surface area (Å²) in [6, 6.07) is 21.1. The zero-order valence-corrected chi connectivity index (χ0v) is 20.3. The van der Waals surface area contributed by atoms with Gasteiger partial charge in [0.1, 0.15) is 12.3 Å². The average molecular weight is 479 g/mol. The van der Waals surface area contributed by atoms with Crippen molar-refractivity contribution in [1.29, 1.82) is 0 Å². The molecule has 4 rings (SSSR count). The standard InChI is InChI=1S/C27H30N2O4S/c1-3-33-26-15-8-7-14-25(26)29(34(31,32)24-12-5-4-6-13-24)19-27(30)28-20(2)22-17-16-21-10-9-11-23(21)18-22/h4-8,12-18,20H,3,9-11,19H2,1-2H3,(H,28,30)/t20-/m0/s1. The van der Waals surface area contributed by atoms with E-state index in [4.69, 9.17) is 4.74 Å². The summed E-state index contributed by atoms with van der Waals surface area (Å²) in [6.45, 7) is 3.75. The van der Waals surface area contributed by atoms with E-state index >= 15 is 0 Å². The summed E-state index contributed by atoms with van der Waals surface area (Å²) < 4.78 is 34.0. The van der Waals surface area contributed by atoms with Crippen LogP contribution in [0.3, 0.4) is 0 Å². The number of rotatable bonds is 9. The Morgan fingerprint density at radius 2 is 1.71 bits per heavy atom. The third-order valence-corrected chi connectivity index (χ3v) is 7.83. The lowest BCUT2D eigenvalue weighted by Crippen LogP contribution is -2.41. The van der Waals surface area contributed by atoms with Crippen molar-refractivity contribution in [3.63, 3.8) is 0 Å². The Balaban J connectivity index is 1.61. The Bertz CT molecular complexity index is 1260. The van der Waals surface area contributed by atoms with E-state index in [2.05, 4.69) is 17.4 Å². The van der Waals surface area contributed by atoms with Crippen LogP contribution < -0.4 is 14.4 Å². The molecule has 7 heteroatoms. The fraction of sp³-hybridized carbons (Fsp3) is 0.296. The van der Waals surface area contributed by atoms with Gasteiger partial charge in [0, 0.05) is 0 Å². The third-order valence-electron chi connectivity index (χ3n) is 6.05. The van der Waals surface area contributed by atoms with Gasteiger partial charge in [-0.3, -0.25) is 9.10 Å². The second kappa shape index (κ2) is 10.3. The largest absolute Gasteiger partial charge is 0.492 e. The molecule has 0 fully saturated rings. The second-order valence-electron chi connectivity index (χ2n) is 8.40. The summed E-state index contributed by atoms with van der Waals surface area (Å²) >= 11 is 0. The number of anilines is 1. The first-order valence-electron chi connectivity index (χ1n) is 11.6. The lowest BCUT2D eigenvalue weighted by Gasteiger charge is -2.26. The van der Waals surface area contributed by atoms with E-state index in [-0.39, 0.29) is 23.4 Å². The lowest BCUT2D eigenvalue weighted by molar-refractivity contribution is -0.120. The van der Waals surface area contributed by atoms with Gasteiger partial charge in [0.25, 0.3) is 10.0 Å². The quantitative estimate of drug-likeness (QED) is 0.486. The summed E-state index contributed by atoms with van der Waals surface area (Å²) in [6.07, 6.45) is 3.31. The number of carbonyl (C=O) groups excluding carboxylic acids is 1. The summed E-state index contributed by atoms with van der Waals surface area (Å²) in [7, 11) is -4.01. The van der Waals surface area contributed by atoms with Crippen LogP contribution in [0.5, 0.6) is 5.75 Å². The smallest absolute Gasteiger partial charge is 0.264 e. The fourth-order valence-corrected chi connectivity index (χ4v) is 5.77. The highest BCUT2D eigenvalue weighted by molar-refractivity contribution is 7.92. The molecule has 34 heavy (non-hydrogen) atoms. The topological polar surface area (TPSA) is 75.7 Å². The van der Waals surface area contributed by atoms with Crippen LogP contribution in [0.25, 0.3) is 0 Å². The SMILES string of the molecule is CCOc1ccccc1N(CC(=O)N[C@@H](C)c1ccc2c(c1)CCC2)S(=O)(=O)c1ccccc1. The number of benzene rings is 3. The van der Waals surface area contributed by atoms with Crippen molar-refractivity contribution >= 4 is 21.6 Å². The number of aryl methyl sites for hydroxylation is 2. The predicted octanol–water partition coefficient (Wildman–Crippen LogP) is 4.65. The van der Waals surface area contributed by atoms with Gasteiger partial charge in [0.05, 0.1) is 23.2 Å². The zero-order valence-electron chi connectivity index (χ0n) is 19.5. The molecular weight excluding hydrogens is 448 g/mol. The van der Waals surface area contributed by atoms with Crippen molar-refractivity contribution in [1.82, 2.24) is 5.32 Å². The molecule has 1 atom stereocenters.